The monoisotopic (exact) mass is 475 g/mol. The number of anilines is 1. The van der Waals surface area contributed by atoms with Crippen LogP contribution in [-0.4, -0.2) is 23.7 Å². The Morgan fingerprint density at radius 1 is 1.16 bits per heavy atom. The SMILES string of the molecule is COc1cccc2c1O[C@]1(C(=O)Nc3ccc(Br)cc31)N1N=C(c3ccccc3)C[C@@H]21. The molecule has 0 unspecified atom stereocenters. The van der Waals surface area contributed by atoms with Crippen LogP contribution in [-0.2, 0) is 10.5 Å². The number of amides is 1. The number of rotatable bonds is 2. The number of nitrogens with one attached hydrogen (secondary N) is 1. The van der Waals surface area contributed by atoms with Crippen LogP contribution >= 0.6 is 15.9 Å². The summed E-state index contributed by atoms with van der Waals surface area (Å²) in [6, 6.07) is 21.4. The second-order valence-corrected chi connectivity index (χ2v) is 8.66. The predicted octanol–water partition coefficient (Wildman–Crippen LogP) is 4.81. The van der Waals surface area contributed by atoms with Crippen LogP contribution in [0.1, 0.15) is 29.2 Å². The Hall–Kier alpha value is -3.32. The number of hydrogen-bond donors (Lipinski definition) is 1. The van der Waals surface area contributed by atoms with Crippen LogP contribution in [0.3, 0.4) is 0 Å². The summed E-state index contributed by atoms with van der Waals surface area (Å²) in [5.41, 5.74) is 2.93. The van der Waals surface area contributed by atoms with Crippen LogP contribution in [0, 0.1) is 0 Å². The molecule has 3 aliphatic rings. The highest BCUT2D eigenvalue weighted by molar-refractivity contribution is 9.10. The average molecular weight is 476 g/mol. The van der Waals surface area contributed by atoms with Gasteiger partial charge in [0, 0.05) is 16.5 Å². The van der Waals surface area contributed by atoms with Crippen molar-refractivity contribution in [2.75, 3.05) is 12.4 Å². The summed E-state index contributed by atoms with van der Waals surface area (Å²) >= 11 is 3.54. The van der Waals surface area contributed by atoms with Gasteiger partial charge in [0.05, 0.1) is 30.1 Å². The molecule has 0 saturated heterocycles. The normalized spacial score (nSPS) is 22.9. The molecule has 0 bridgehead atoms. The zero-order valence-electron chi connectivity index (χ0n) is 16.6. The molecule has 6 rings (SSSR count). The average Bonchev–Trinajstić information content (AvgIpc) is 3.36. The number of hydrazone groups is 1. The van der Waals surface area contributed by atoms with Crippen LogP contribution in [0.25, 0.3) is 0 Å². The van der Waals surface area contributed by atoms with Crippen molar-refractivity contribution in [1.29, 1.82) is 0 Å². The molecule has 0 radical (unpaired) electrons. The largest absolute Gasteiger partial charge is 0.493 e. The Morgan fingerprint density at radius 2 is 2.00 bits per heavy atom. The van der Waals surface area contributed by atoms with Crippen molar-refractivity contribution < 1.29 is 14.3 Å². The van der Waals surface area contributed by atoms with E-state index in [2.05, 4.69) is 21.2 Å². The molecule has 2 atom stereocenters. The van der Waals surface area contributed by atoms with E-state index in [0.29, 0.717) is 23.6 Å². The van der Waals surface area contributed by atoms with Crippen LogP contribution in [0.15, 0.2) is 76.3 Å². The summed E-state index contributed by atoms with van der Waals surface area (Å²) in [5, 5.41) is 9.77. The Balaban J connectivity index is 1.61. The van der Waals surface area contributed by atoms with E-state index in [-0.39, 0.29) is 11.9 Å². The van der Waals surface area contributed by atoms with Gasteiger partial charge in [-0.25, -0.2) is 5.01 Å². The minimum atomic E-state index is -1.41. The van der Waals surface area contributed by atoms with E-state index in [0.717, 1.165) is 26.9 Å². The Morgan fingerprint density at radius 3 is 2.81 bits per heavy atom. The zero-order valence-corrected chi connectivity index (χ0v) is 18.2. The highest BCUT2D eigenvalue weighted by atomic mass is 79.9. The van der Waals surface area contributed by atoms with Crippen LogP contribution in [0.4, 0.5) is 5.69 Å². The lowest BCUT2D eigenvalue weighted by molar-refractivity contribution is -0.161. The predicted molar refractivity (Wildman–Crippen MR) is 120 cm³/mol. The number of nitrogens with zero attached hydrogens (tertiary/aromatic N) is 2. The van der Waals surface area contributed by atoms with Crippen LogP contribution in [0.2, 0.25) is 0 Å². The smallest absolute Gasteiger partial charge is 0.306 e. The summed E-state index contributed by atoms with van der Waals surface area (Å²) in [6.07, 6.45) is 0.659. The molecule has 31 heavy (non-hydrogen) atoms. The van der Waals surface area contributed by atoms with E-state index in [1.807, 2.05) is 71.7 Å². The van der Waals surface area contributed by atoms with Gasteiger partial charge < -0.3 is 14.8 Å². The highest BCUT2D eigenvalue weighted by Gasteiger charge is 2.61. The maximum Gasteiger partial charge on any atom is 0.306 e. The molecule has 154 valence electrons. The molecule has 3 aliphatic heterocycles. The molecule has 1 spiro atoms. The van der Waals surface area contributed by atoms with Crippen molar-refractivity contribution >= 4 is 33.2 Å². The highest BCUT2D eigenvalue weighted by Crippen LogP contribution is 2.56. The number of methoxy groups -OCH3 is 1. The molecule has 3 aromatic rings. The first-order chi connectivity index (χ1) is 15.1. The van der Waals surface area contributed by atoms with Crippen molar-refractivity contribution in [2.45, 2.75) is 18.2 Å². The van der Waals surface area contributed by atoms with Crippen molar-refractivity contribution in [1.82, 2.24) is 5.01 Å². The molecule has 0 aromatic heterocycles. The standard InChI is InChI=1S/C24H18BrN3O3/c1-30-21-9-5-8-16-20-13-19(14-6-3-2-4-7-14)27-28(20)24(31-22(16)21)17-12-15(25)10-11-18(17)26-23(24)29/h2-12,20H,13H2,1H3,(H,26,29)/t20-,24+/m0/s1. The molecule has 3 heterocycles. The minimum absolute atomic E-state index is 0.162. The number of ether oxygens (including phenoxy) is 2. The maximum atomic E-state index is 13.5. The third-order valence-corrected chi connectivity index (χ3v) is 6.57. The molecule has 0 aliphatic carbocycles. The van der Waals surface area contributed by atoms with Crippen molar-refractivity contribution in [3.63, 3.8) is 0 Å². The van der Waals surface area contributed by atoms with E-state index in [1.165, 1.54) is 0 Å². The number of fused-ring (bicyclic) bond motifs is 6. The van der Waals surface area contributed by atoms with E-state index in [4.69, 9.17) is 14.6 Å². The Bertz CT molecular complexity index is 1260. The van der Waals surface area contributed by atoms with Gasteiger partial charge >= 0.3 is 5.72 Å². The summed E-state index contributed by atoms with van der Waals surface area (Å²) in [6.45, 7) is 0. The first-order valence-electron chi connectivity index (χ1n) is 10.0. The van der Waals surface area contributed by atoms with Gasteiger partial charge in [0.25, 0.3) is 5.91 Å². The fourth-order valence-corrected chi connectivity index (χ4v) is 5.03. The van der Waals surface area contributed by atoms with Gasteiger partial charge in [0.1, 0.15) is 0 Å². The Labute approximate surface area is 187 Å². The molecular formula is C24H18BrN3O3. The third-order valence-electron chi connectivity index (χ3n) is 6.08. The van der Waals surface area contributed by atoms with Crippen LogP contribution in [0.5, 0.6) is 11.5 Å². The Kier molecular flexibility index (Phi) is 3.92. The second kappa shape index (κ2) is 6.59. The quantitative estimate of drug-likeness (QED) is 0.577. The van der Waals surface area contributed by atoms with Gasteiger partial charge in [-0.15, -0.1) is 0 Å². The molecular weight excluding hydrogens is 458 g/mol. The summed E-state index contributed by atoms with van der Waals surface area (Å²) < 4.78 is 13.0. The minimum Gasteiger partial charge on any atom is -0.493 e. The fraction of sp³-hybridized carbons (Fsp3) is 0.167. The molecule has 0 saturated carbocycles. The molecule has 1 N–H and O–H groups in total. The lowest BCUT2D eigenvalue weighted by Crippen LogP contribution is -2.55. The fourth-order valence-electron chi connectivity index (χ4n) is 4.67. The molecule has 7 heteroatoms. The molecule has 1 amide bonds. The van der Waals surface area contributed by atoms with E-state index in [9.17, 15) is 4.79 Å². The lowest BCUT2D eigenvalue weighted by atomic mass is 9.92. The van der Waals surface area contributed by atoms with E-state index in [1.54, 1.807) is 7.11 Å². The van der Waals surface area contributed by atoms with Gasteiger partial charge in [-0.1, -0.05) is 58.4 Å². The van der Waals surface area contributed by atoms with Crippen molar-refractivity contribution in [3.05, 3.63) is 87.9 Å². The second-order valence-electron chi connectivity index (χ2n) is 7.75. The summed E-state index contributed by atoms with van der Waals surface area (Å²) in [7, 11) is 1.61. The maximum absolute atomic E-state index is 13.5. The van der Waals surface area contributed by atoms with E-state index < -0.39 is 5.72 Å². The number of halogens is 1. The number of hydrogen-bond acceptors (Lipinski definition) is 5. The number of carbonyl (C=O) groups excluding carboxylic acids is 1. The van der Waals surface area contributed by atoms with Gasteiger partial charge in [0.15, 0.2) is 11.5 Å². The number of para-hydroxylation sites is 1. The third kappa shape index (κ3) is 2.50. The van der Waals surface area contributed by atoms with Gasteiger partial charge in [-0.05, 0) is 29.8 Å². The van der Waals surface area contributed by atoms with Crippen molar-refractivity contribution in [3.8, 4) is 11.5 Å². The van der Waals surface area contributed by atoms with Gasteiger partial charge in [0.2, 0.25) is 0 Å². The zero-order chi connectivity index (χ0) is 21.2. The number of benzene rings is 3. The lowest BCUT2D eigenvalue weighted by Gasteiger charge is -2.44. The van der Waals surface area contributed by atoms with Crippen molar-refractivity contribution in [2.24, 2.45) is 5.10 Å². The molecule has 6 nitrogen and oxygen atoms in total. The molecule has 0 fully saturated rings. The van der Waals surface area contributed by atoms with Gasteiger partial charge in [-0.2, -0.15) is 5.10 Å². The van der Waals surface area contributed by atoms with Gasteiger partial charge in [-0.3, -0.25) is 4.79 Å². The number of carbonyl (C=O) groups is 1. The molecule has 3 aromatic carbocycles. The first-order valence-corrected chi connectivity index (χ1v) is 10.8. The first kappa shape index (κ1) is 18.4. The topological polar surface area (TPSA) is 63.2 Å². The van der Waals surface area contributed by atoms with Crippen LogP contribution < -0.4 is 14.8 Å². The summed E-state index contributed by atoms with van der Waals surface area (Å²) in [4.78, 5) is 13.5. The van der Waals surface area contributed by atoms with E-state index >= 15 is 0 Å². The summed E-state index contributed by atoms with van der Waals surface area (Å²) in [5.74, 6) is 0.917.